The first-order chi connectivity index (χ1) is 12.2. The highest BCUT2D eigenvalue weighted by Gasteiger charge is 2.23. The SMILES string of the molecule is O=C(N[C@@H](Cc1ccccc1)C(=O)NCc1ccco1)c1ccco1. The van der Waals surface area contributed by atoms with Gasteiger partial charge in [0, 0.05) is 6.42 Å². The summed E-state index contributed by atoms with van der Waals surface area (Å²) in [6.45, 7) is 0.258. The second-order valence-electron chi connectivity index (χ2n) is 5.49. The Hall–Kier alpha value is -3.28. The van der Waals surface area contributed by atoms with Crippen molar-refractivity contribution in [3.63, 3.8) is 0 Å². The van der Waals surface area contributed by atoms with Crippen LogP contribution in [0.1, 0.15) is 21.9 Å². The lowest BCUT2D eigenvalue weighted by molar-refractivity contribution is -0.123. The van der Waals surface area contributed by atoms with Crippen LogP contribution in [0.4, 0.5) is 0 Å². The third kappa shape index (κ3) is 4.60. The van der Waals surface area contributed by atoms with Crippen molar-refractivity contribution in [3.8, 4) is 0 Å². The molecule has 0 bridgehead atoms. The molecular weight excluding hydrogens is 320 g/mol. The molecule has 1 atom stereocenters. The molecule has 0 fully saturated rings. The number of hydrogen-bond donors (Lipinski definition) is 2. The van der Waals surface area contributed by atoms with E-state index in [1.165, 1.54) is 6.26 Å². The fraction of sp³-hybridized carbons (Fsp3) is 0.158. The molecule has 0 unspecified atom stereocenters. The van der Waals surface area contributed by atoms with Gasteiger partial charge >= 0.3 is 0 Å². The molecule has 128 valence electrons. The van der Waals surface area contributed by atoms with Crippen LogP contribution in [-0.2, 0) is 17.8 Å². The zero-order chi connectivity index (χ0) is 17.5. The van der Waals surface area contributed by atoms with Crippen LogP contribution in [0.5, 0.6) is 0 Å². The van der Waals surface area contributed by atoms with Gasteiger partial charge in [-0.3, -0.25) is 9.59 Å². The van der Waals surface area contributed by atoms with Crippen LogP contribution in [0.2, 0.25) is 0 Å². The average Bonchev–Trinajstić information content (AvgIpc) is 3.33. The van der Waals surface area contributed by atoms with E-state index < -0.39 is 11.9 Å². The summed E-state index contributed by atoms with van der Waals surface area (Å²) in [7, 11) is 0. The predicted molar refractivity (Wildman–Crippen MR) is 90.7 cm³/mol. The molecule has 2 aromatic heterocycles. The fourth-order valence-electron chi connectivity index (χ4n) is 2.41. The zero-order valence-electron chi connectivity index (χ0n) is 13.5. The first-order valence-electron chi connectivity index (χ1n) is 7.91. The van der Waals surface area contributed by atoms with Crippen molar-refractivity contribution in [3.05, 3.63) is 84.2 Å². The average molecular weight is 338 g/mol. The molecule has 6 nitrogen and oxygen atoms in total. The van der Waals surface area contributed by atoms with Gasteiger partial charge in [-0.2, -0.15) is 0 Å². The molecule has 2 amide bonds. The first kappa shape index (κ1) is 16.6. The number of rotatable bonds is 7. The van der Waals surface area contributed by atoms with Gasteiger partial charge in [0.25, 0.3) is 5.91 Å². The molecule has 3 rings (SSSR count). The number of carbonyl (C=O) groups is 2. The monoisotopic (exact) mass is 338 g/mol. The van der Waals surface area contributed by atoms with Gasteiger partial charge in [0.2, 0.25) is 5.91 Å². The second kappa shape index (κ2) is 8.01. The Labute approximate surface area is 144 Å². The molecular formula is C19H18N2O4. The van der Waals surface area contributed by atoms with Gasteiger partial charge in [0.15, 0.2) is 5.76 Å². The molecule has 2 heterocycles. The Balaban J connectivity index is 1.68. The van der Waals surface area contributed by atoms with Crippen LogP contribution in [-0.4, -0.2) is 17.9 Å². The number of carbonyl (C=O) groups excluding carboxylic acids is 2. The van der Waals surface area contributed by atoms with E-state index >= 15 is 0 Å². The number of benzene rings is 1. The summed E-state index contributed by atoms with van der Waals surface area (Å²) in [6.07, 6.45) is 3.33. The smallest absolute Gasteiger partial charge is 0.287 e. The van der Waals surface area contributed by atoms with Crippen molar-refractivity contribution < 1.29 is 18.4 Å². The Morgan fingerprint density at radius 3 is 2.36 bits per heavy atom. The van der Waals surface area contributed by atoms with E-state index in [4.69, 9.17) is 8.83 Å². The van der Waals surface area contributed by atoms with Crippen LogP contribution < -0.4 is 10.6 Å². The van der Waals surface area contributed by atoms with Crippen LogP contribution >= 0.6 is 0 Å². The third-order valence-corrected chi connectivity index (χ3v) is 3.67. The summed E-state index contributed by atoms with van der Waals surface area (Å²) in [5.74, 6) is 0.0836. The van der Waals surface area contributed by atoms with E-state index in [9.17, 15) is 9.59 Å². The molecule has 0 spiro atoms. The largest absolute Gasteiger partial charge is 0.467 e. The van der Waals surface area contributed by atoms with E-state index in [0.29, 0.717) is 12.2 Å². The topological polar surface area (TPSA) is 84.5 Å². The van der Waals surface area contributed by atoms with E-state index in [1.54, 1.807) is 30.5 Å². The van der Waals surface area contributed by atoms with E-state index in [1.807, 2.05) is 30.3 Å². The first-order valence-corrected chi connectivity index (χ1v) is 7.91. The quantitative estimate of drug-likeness (QED) is 0.693. The van der Waals surface area contributed by atoms with Crippen LogP contribution in [0.15, 0.2) is 76.0 Å². The van der Waals surface area contributed by atoms with Crippen molar-refractivity contribution in [2.45, 2.75) is 19.0 Å². The maximum Gasteiger partial charge on any atom is 0.287 e. The van der Waals surface area contributed by atoms with Gasteiger partial charge in [0.05, 0.1) is 19.1 Å². The maximum atomic E-state index is 12.5. The summed E-state index contributed by atoms with van der Waals surface area (Å²) < 4.78 is 10.3. The lowest BCUT2D eigenvalue weighted by atomic mass is 10.0. The summed E-state index contributed by atoms with van der Waals surface area (Å²) in [4.78, 5) is 24.8. The van der Waals surface area contributed by atoms with Crippen molar-refractivity contribution in [2.75, 3.05) is 0 Å². The Kier molecular flexibility index (Phi) is 5.31. The number of nitrogens with one attached hydrogen (secondary N) is 2. The summed E-state index contributed by atoms with van der Waals surface area (Å²) >= 11 is 0. The minimum absolute atomic E-state index is 0.164. The highest BCUT2D eigenvalue weighted by Crippen LogP contribution is 2.07. The van der Waals surface area contributed by atoms with Crippen LogP contribution in [0.25, 0.3) is 0 Å². The molecule has 3 aromatic rings. The van der Waals surface area contributed by atoms with Crippen molar-refractivity contribution in [1.29, 1.82) is 0 Å². The fourth-order valence-corrected chi connectivity index (χ4v) is 2.41. The van der Waals surface area contributed by atoms with Gasteiger partial charge in [-0.1, -0.05) is 30.3 Å². The maximum absolute atomic E-state index is 12.5. The zero-order valence-corrected chi connectivity index (χ0v) is 13.5. The predicted octanol–water partition coefficient (Wildman–Crippen LogP) is 2.53. The second-order valence-corrected chi connectivity index (χ2v) is 5.49. The van der Waals surface area contributed by atoms with E-state index in [-0.39, 0.29) is 18.2 Å². The minimum Gasteiger partial charge on any atom is -0.467 e. The molecule has 2 N–H and O–H groups in total. The minimum atomic E-state index is -0.727. The molecule has 0 aliphatic carbocycles. The van der Waals surface area contributed by atoms with E-state index in [0.717, 1.165) is 5.56 Å². The van der Waals surface area contributed by atoms with Crippen LogP contribution in [0, 0.1) is 0 Å². The molecule has 6 heteroatoms. The molecule has 0 aliphatic rings. The summed E-state index contributed by atoms with van der Waals surface area (Å²) in [6, 6.07) is 15.5. The normalized spacial score (nSPS) is 11.7. The van der Waals surface area contributed by atoms with Gasteiger partial charge in [0.1, 0.15) is 11.8 Å². The van der Waals surface area contributed by atoms with Gasteiger partial charge in [-0.25, -0.2) is 0 Å². The van der Waals surface area contributed by atoms with E-state index in [2.05, 4.69) is 10.6 Å². The van der Waals surface area contributed by atoms with Crippen LogP contribution in [0.3, 0.4) is 0 Å². The number of furan rings is 2. The molecule has 0 saturated carbocycles. The Morgan fingerprint density at radius 2 is 1.68 bits per heavy atom. The number of amides is 2. The summed E-state index contributed by atoms with van der Waals surface area (Å²) in [5, 5.41) is 5.50. The lowest BCUT2D eigenvalue weighted by Gasteiger charge is -2.18. The standard InChI is InChI=1S/C19H18N2O4/c22-18(20-13-15-8-4-10-24-15)16(12-14-6-2-1-3-7-14)21-19(23)17-9-5-11-25-17/h1-11,16H,12-13H2,(H,20,22)(H,21,23)/t16-/m0/s1. The molecule has 0 saturated heterocycles. The molecule has 0 aliphatic heterocycles. The van der Waals surface area contributed by atoms with Gasteiger partial charge < -0.3 is 19.5 Å². The number of hydrogen-bond acceptors (Lipinski definition) is 4. The molecule has 0 radical (unpaired) electrons. The molecule has 25 heavy (non-hydrogen) atoms. The highest BCUT2D eigenvalue weighted by molar-refractivity contribution is 5.95. The summed E-state index contributed by atoms with van der Waals surface area (Å²) in [5.41, 5.74) is 0.945. The lowest BCUT2D eigenvalue weighted by Crippen LogP contribution is -2.47. The Bertz CT molecular complexity index is 795. The highest BCUT2D eigenvalue weighted by atomic mass is 16.3. The van der Waals surface area contributed by atoms with Gasteiger partial charge in [-0.15, -0.1) is 0 Å². The van der Waals surface area contributed by atoms with Crippen molar-refractivity contribution in [2.24, 2.45) is 0 Å². The van der Waals surface area contributed by atoms with Crippen molar-refractivity contribution in [1.82, 2.24) is 10.6 Å². The van der Waals surface area contributed by atoms with Crippen molar-refractivity contribution >= 4 is 11.8 Å². The third-order valence-electron chi connectivity index (χ3n) is 3.67. The van der Waals surface area contributed by atoms with Gasteiger partial charge in [-0.05, 0) is 29.8 Å². The molecule has 1 aromatic carbocycles. The Morgan fingerprint density at radius 1 is 0.920 bits per heavy atom.